The molecule has 0 N–H and O–H groups in total. The number of nitrogens with zero attached hydrogens (tertiary/aromatic N) is 5. The Hall–Kier alpha value is -3.52. The first-order valence-electron chi connectivity index (χ1n) is 11.4. The Labute approximate surface area is 193 Å². The van der Waals surface area contributed by atoms with Gasteiger partial charge in [-0.1, -0.05) is 18.2 Å². The summed E-state index contributed by atoms with van der Waals surface area (Å²) in [4.78, 5) is 30.9. The molecule has 0 radical (unpaired) electrons. The summed E-state index contributed by atoms with van der Waals surface area (Å²) in [5.74, 6) is 2.16. The van der Waals surface area contributed by atoms with E-state index < -0.39 is 0 Å². The number of hydrogen-bond acceptors (Lipinski definition) is 7. The Morgan fingerprint density at radius 1 is 1.06 bits per heavy atom. The van der Waals surface area contributed by atoms with Crippen LogP contribution in [0.1, 0.15) is 34.8 Å². The summed E-state index contributed by atoms with van der Waals surface area (Å²) in [7, 11) is 0. The van der Waals surface area contributed by atoms with Gasteiger partial charge < -0.3 is 19.3 Å². The van der Waals surface area contributed by atoms with Crippen molar-refractivity contribution in [2.24, 2.45) is 0 Å². The molecule has 2 aliphatic heterocycles. The van der Waals surface area contributed by atoms with Crippen molar-refractivity contribution in [2.45, 2.75) is 18.8 Å². The van der Waals surface area contributed by atoms with Gasteiger partial charge >= 0.3 is 0 Å². The monoisotopic (exact) mass is 445 g/mol. The van der Waals surface area contributed by atoms with Gasteiger partial charge in [0.25, 0.3) is 5.91 Å². The van der Waals surface area contributed by atoms with Crippen LogP contribution in [-0.4, -0.2) is 65.2 Å². The van der Waals surface area contributed by atoms with Crippen LogP contribution in [0.15, 0.2) is 61.1 Å². The average Bonchev–Trinajstić information content (AvgIpc) is 2.90. The van der Waals surface area contributed by atoms with Gasteiger partial charge in [-0.05, 0) is 37.1 Å². The second-order valence-corrected chi connectivity index (χ2v) is 8.29. The van der Waals surface area contributed by atoms with E-state index in [1.807, 2.05) is 41.3 Å². The molecule has 3 aromatic rings. The van der Waals surface area contributed by atoms with Crippen molar-refractivity contribution < 1.29 is 14.3 Å². The number of rotatable bonds is 5. The molecule has 8 heteroatoms. The Balaban J connectivity index is 1.28. The van der Waals surface area contributed by atoms with E-state index >= 15 is 0 Å². The highest BCUT2D eigenvalue weighted by atomic mass is 16.5. The largest absolute Gasteiger partial charge is 0.437 e. The molecule has 0 spiro atoms. The lowest BCUT2D eigenvalue weighted by Gasteiger charge is -2.33. The molecule has 8 nitrogen and oxygen atoms in total. The molecule has 5 rings (SSSR count). The zero-order chi connectivity index (χ0) is 22.5. The number of pyridine rings is 1. The summed E-state index contributed by atoms with van der Waals surface area (Å²) in [5.41, 5.74) is 1.52. The number of hydrogen-bond donors (Lipinski definition) is 0. The minimum absolute atomic E-state index is 0.0289. The van der Waals surface area contributed by atoms with Gasteiger partial charge in [-0.25, -0.2) is 9.97 Å². The topological polar surface area (TPSA) is 80.7 Å². The van der Waals surface area contributed by atoms with Crippen LogP contribution in [0.4, 0.5) is 5.82 Å². The molecule has 1 unspecified atom stereocenters. The lowest BCUT2D eigenvalue weighted by molar-refractivity contribution is 0.0705. The van der Waals surface area contributed by atoms with Crippen LogP contribution >= 0.6 is 0 Å². The van der Waals surface area contributed by atoms with Crippen molar-refractivity contribution in [3.63, 3.8) is 0 Å². The minimum atomic E-state index is 0.0289. The fraction of sp³-hybridized carbons (Fsp3) is 0.360. The quantitative estimate of drug-likeness (QED) is 0.594. The van der Waals surface area contributed by atoms with Crippen LogP contribution in [0.5, 0.6) is 11.6 Å². The van der Waals surface area contributed by atoms with E-state index in [1.54, 1.807) is 24.7 Å². The molecule has 2 aromatic heterocycles. The highest BCUT2D eigenvalue weighted by Crippen LogP contribution is 2.28. The number of para-hydroxylation sites is 1. The van der Waals surface area contributed by atoms with Crippen molar-refractivity contribution in [1.82, 2.24) is 19.9 Å². The summed E-state index contributed by atoms with van der Waals surface area (Å²) < 4.78 is 11.3. The third-order valence-electron chi connectivity index (χ3n) is 6.05. The third kappa shape index (κ3) is 5.12. The van der Waals surface area contributed by atoms with Gasteiger partial charge in [-0.2, -0.15) is 0 Å². The predicted molar refractivity (Wildman–Crippen MR) is 124 cm³/mol. The molecule has 1 amide bonds. The summed E-state index contributed by atoms with van der Waals surface area (Å²) in [6.07, 6.45) is 6.99. The van der Waals surface area contributed by atoms with E-state index in [4.69, 9.17) is 9.47 Å². The van der Waals surface area contributed by atoms with E-state index in [0.717, 1.165) is 49.7 Å². The normalized spacial score (nSPS) is 18.7. The van der Waals surface area contributed by atoms with Gasteiger partial charge in [0.2, 0.25) is 5.88 Å². The molecule has 0 aliphatic carbocycles. The number of likely N-dealkylation sites (tertiary alicyclic amines) is 1. The lowest BCUT2D eigenvalue weighted by Crippen LogP contribution is -2.40. The van der Waals surface area contributed by atoms with Crippen LogP contribution in [0.3, 0.4) is 0 Å². The lowest BCUT2D eigenvalue weighted by atomic mass is 9.94. The molecule has 2 saturated heterocycles. The van der Waals surface area contributed by atoms with Gasteiger partial charge in [-0.3, -0.25) is 9.78 Å². The van der Waals surface area contributed by atoms with Crippen LogP contribution in [-0.2, 0) is 4.74 Å². The average molecular weight is 446 g/mol. The first-order chi connectivity index (χ1) is 16.3. The molecule has 2 aliphatic rings. The summed E-state index contributed by atoms with van der Waals surface area (Å²) in [5, 5.41) is 0. The Morgan fingerprint density at radius 2 is 1.91 bits per heavy atom. The molecule has 33 heavy (non-hydrogen) atoms. The Kier molecular flexibility index (Phi) is 6.44. The second kappa shape index (κ2) is 9.95. The Morgan fingerprint density at radius 3 is 2.76 bits per heavy atom. The van der Waals surface area contributed by atoms with E-state index in [2.05, 4.69) is 19.9 Å². The van der Waals surface area contributed by atoms with Crippen LogP contribution in [0, 0.1) is 0 Å². The molecule has 0 saturated carbocycles. The van der Waals surface area contributed by atoms with E-state index in [1.165, 1.54) is 0 Å². The van der Waals surface area contributed by atoms with Crippen molar-refractivity contribution in [3.05, 3.63) is 72.3 Å². The zero-order valence-electron chi connectivity index (χ0n) is 18.5. The number of piperidine rings is 1. The molecule has 1 aromatic carbocycles. The van der Waals surface area contributed by atoms with Crippen molar-refractivity contribution in [2.75, 3.05) is 44.3 Å². The molecule has 4 heterocycles. The molecule has 170 valence electrons. The van der Waals surface area contributed by atoms with E-state index in [-0.39, 0.29) is 11.8 Å². The molecule has 0 bridgehead atoms. The number of anilines is 1. The number of ether oxygens (including phenoxy) is 2. The Bertz CT molecular complexity index is 1090. The first-order valence-corrected chi connectivity index (χ1v) is 11.4. The minimum Gasteiger partial charge on any atom is -0.437 e. The first kappa shape index (κ1) is 21.3. The van der Waals surface area contributed by atoms with Crippen molar-refractivity contribution in [1.29, 1.82) is 0 Å². The van der Waals surface area contributed by atoms with Gasteiger partial charge in [0.05, 0.1) is 25.1 Å². The van der Waals surface area contributed by atoms with Crippen LogP contribution in [0.2, 0.25) is 0 Å². The number of carbonyl (C=O) groups excluding carboxylic acids is 1. The van der Waals surface area contributed by atoms with Gasteiger partial charge in [0.15, 0.2) is 0 Å². The second-order valence-electron chi connectivity index (χ2n) is 8.29. The summed E-state index contributed by atoms with van der Waals surface area (Å²) in [6.45, 7) is 4.28. The zero-order valence-corrected chi connectivity index (χ0v) is 18.5. The number of morpholine rings is 1. The maximum atomic E-state index is 13.3. The van der Waals surface area contributed by atoms with E-state index in [0.29, 0.717) is 31.2 Å². The summed E-state index contributed by atoms with van der Waals surface area (Å²) in [6, 6.07) is 13.2. The maximum absolute atomic E-state index is 13.3. The van der Waals surface area contributed by atoms with Crippen LogP contribution in [0.25, 0.3) is 0 Å². The molecular formula is C25H27N5O3. The predicted octanol–water partition coefficient (Wildman–Crippen LogP) is 3.52. The highest BCUT2D eigenvalue weighted by Gasteiger charge is 2.27. The molecular weight excluding hydrogens is 418 g/mol. The maximum Gasteiger partial charge on any atom is 0.254 e. The SMILES string of the molecule is O=C(c1ccnc(N2CCOCC2)c1)N1CCCC(c2cncc(Oc3ccccc3)n2)C1. The fourth-order valence-corrected chi connectivity index (χ4v) is 4.32. The summed E-state index contributed by atoms with van der Waals surface area (Å²) >= 11 is 0. The standard InChI is InChI=1S/C25H27N5O3/c31-25(19-8-9-27-23(15-19)29-11-13-32-14-12-29)30-10-4-5-20(18-30)22-16-26-17-24(28-22)33-21-6-2-1-3-7-21/h1-3,6-9,15-17,20H,4-5,10-14,18H2. The van der Waals surface area contributed by atoms with Crippen molar-refractivity contribution in [3.8, 4) is 11.6 Å². The number of carbonyl (C=O) groups is 1. The number of aromatic nitrogens is 3. The van der Waals surface area contributed by atoms with Crippen LogP contribution < -0.4 is 9.64 Å². The van der Waals surface area contributed by atoms with Gasteiger partial charge in [0, 0.05) is 50.1 Å². The van der Waals surface area contributed by atoms with Gasteiger partial charge in [0.1, 0.15) is 11.6 Å². The smallest absolute Gasteiger partial charge is 0.254 e. The number of benzene rings is 1. The molecule has 2 fully saturated rings. The number of amides is 1. The highest BCUT2D eigenvalue weighted by molar-refractivity contribution is 5.95. The fourth-order valence-electron chi connectivity index (χ4n) is 4.32. The molecule has 1 atom stereocenters. The van der Waals surface area contributed by atoms with Crippen molar-refractivity contribution >= 4 is 11.7 Å². The van der Waals surface area contributed by atoms with E-state index in [9.17, 15) is 4.79 Å². The third-order valence-corrected chi connectivity index (χ3v) is 6.05. The van der Waals surface area contributed by atoms with Gasteiger partial charge in [-0.15, -0.1) is 0 Å².